The van der Waals surface area contributed by atoms with Crippen molar-refractivity contribution in [2.45, 2.75) is 11.4 Å². The predicted molar refractivity (Wildman–Crippen MR) is 46.0 cm³/mol. The average Bonchev–Trinajstić information content (AvgIpc) is 1.83. The molecule has 6 N–H and O–H groups in total. The predicted octanol–water partition coefficient (Wildman–Crippen LogP) is 0.127. The van der Waals surface area contributed by atoms with E-state index < -0.39 is 21.5 Å². The molecule has 1 atom stereocenters. The van der Waals surface area contributed by atoms with Crippen LogP contribution in [-0.2, 0) is 10.1 Å². The second-order valence-corrected chi connectivity index (χ2v) is 4.17. The van der Waals surface area contributed by atoms with Crippen LogP contribution in [0, 0.1) is 0 Å². The van der Waals surface area contributed by atoms with Crippen molar-refractivity contribution in [1.29, 1.82) is 0 Å². The highest BCUT2D eigenvalue weighted by Crippen LogP contribution is 2.26. The molecule has 0 aromatic rings. The Morgan fingerprint density at radius 1 is 1.46 bits per heavy atom. The average molecular weight is 209 g/mol. The molecule has 0 aliphatic heterocycles. The Labute approximate surface area is 75.5 Å². The van der Waals surface area contributed by atoms with Crippen molar-refractivity contribution < 1.29 is 23.2 Å². The van der Waals surface area contributed by atoms with Crippen LogP contribution < -0.4 is 6.15 Å². The van der Waals surface area contributed by atoms with Gasteiger partial charge in [0.2, 0.25) is 4.93 Å². The van der Waals surface area contributed by atoms with Gasteiger partial charge in [0.25, 0.3) is 10.1 Å². The lowest BCUT2D eigenvalue weighted by Crippen LogP contribution is -2.37. The molecular weight excluding hydrogens is 198 g/mol. The highest BCUT2D eigenvalue weighted by Gasteiger charge is 2.40. The van der Waals surface area contributed by atoms with E-state index in [4.69, 9.17) is 9.66 Å². The summed E-state index contributed by atoms with van der Waals surface area (Å²) in [6.07, 6.45) is 2.77. The first kappa shape index (κ1) is 12.1. The van der Waals surface area contributed by atoms with Crippen molar-refractivity contribution in [2.75, 3.05) is 0 Å². The SMILES string of the molecule is N.O=S(=O)(O)C1(O)C=CC=C(O)C1. The highest BCUT2D eigenvalue weighted by molar-refractivity contribution is 7.87. The lowest BCUT2D eigenvalue weighted by molar-refractivity contribution is 0.143. The summed E-state index contributed by atoms with van der Waals surface area (Å²) in [6, 6.07) is 0. The molecule has 6 nitrogen and oxygen atoms in total. The van der Waals surface area contributed by atoms with E-state index in [1.54, 1.807) is 0 Å². The van der Waals surface area contributed by atoms with Crippen molar-refractivity contribution in [3.8, 4) is 0 Å². The molecule has 7 heteroatoms. The zero-order chi connectivity index (χ0) is 9.41. The van der Waals surface area contributed by atoms with Gasteiger partial charge in [-0.15, -0.1) is 0 Å². The van der Waals surface area contributed by atoms with E-state index in [-0.39, 0.29) is 11.9 Å². The van der Waals surface area contributed by atoms with Gasteiger partial charge in [-0.05, 0) is 12.2 Å². The molecular formula is C6H11NO5S. The molecule has 0 fully saturated rings. The number of rotatable bonds is 1. The fourth-order valence-electron chi connectivity index (χ4n) is 0.864. The van der Waals surface area contributed by atoms with Crippen LogP contribution in [0.5, 0.6) is 0 Å². The van der Waals surface area contributed by atoms with Crippen LogP contribution >= 0.6 is 0 Å². The Bertz CT molecular complexity index is 344. The third-order valence-electron chi connectivity index (χ3n) is 1.53. The van der Waals surface area contributed by atoms with Gasteiger partial charge < -0.3 is 16.4 Å². The lowest BCUT2D eigenvalue weighted by Gasteiger charge is -2.22. The molecule has 1 aliphatic carbocycles. The number of aliphatic hydroxyl groups is 2. The quantitative estimate of drug-likeness (QED) is 0.454. The first-order chi connectivity index (χ1) is 5.35. The summed E-state index contributed by atoms with van der Waals surface area (Å²) in [5.41, 5.74) is 0. The Hall–Kier alpha value is -0.890. The summed E-state index contributed by atoms with van der Waals surface area (Å²) in [5.74, 6) is -0.294. The normalized spacial score (nSPS) is 27.7. The first-order valence-corrected chi connectivity index (χ1v) is 4.56. The van der Waals surface area contributed by atoms with Crippen LogP contribution in [0.3, 0.4) is 0 Å². The summed E-state index contributed by atoms with van der Waals surface area (Å²) >= 11 is 0. The smallest absolute Gasteiger partial charge is 0.299 e. The maximum Gasteiger partial charge on any atom is 0.299 e. The molecule has 0 aromatic heterocycles. The zero-order valence-corrected chi connectivity index (χ0v) is 7.53. The molecule has 0 spiro atoms. The Morgan fingerprint density at radius 3 is 2.31 bits per heavy atom. The molecule has 13 heavy (non-hydrogen) atoms. The van der Waals surface area contributed by atoms with Gasteiger partial charge in [-0.1, -0.05) is 6.08 Å². The fraction of sp³-hybridized carbons (Fsp3) is 0.333. The molecule has 1 aliphatic rings. The van der Waals surface area contributed by atoms with E-state index in [0.29, 0.717) is 0 Å². The van der Waals surface area contributed by atoms with Crippen molar-refractivity contribution in [1.82, 2.24) is 6.15 Å². The van der Waals surface area contributed by atoms with Gasteiger partial charge in [0.1, 0.15) is 0 Å². The Balaban J connectivity index is 0.00000144. The second kappa shape index (κ2) is 3.46. The van der Waals surface area contributed by atoms with Gasteiger partial charge in [-0.2, -0.15) is 8.42 Å². The maximum atomic E-state index is 10.6. The number of hydrogen-bond acceptors (Lipinski definition) is 5. The van der Waals surface area contributed by atoms with Gasteiger partial charge in [-0.3, -0.25) is 4.55 Å². The summed E-state index contributed by atoms with van der Waals surface area (Å²) in [4.78, 5) is -2.38. The topological polar surface area (TPSA) is 130 Å². The Kier molecular flexibility index (Phi) is 3.23. The molecule has 0 saturated carbocycles. The van der Waals surface area contributed by atoms with Gasteiger partial charge in [-0.25, -0.2) is 0 Å². The number of hydrogen-bond donors (Lipinski definition) is 4. The van der Waals surface area contributed by atoms with Crippen LogP contribution in [0.15, 0.2) is 24.0 Å². The third-order valence-corrected chi connectivity index (χ3v) is 2.70. The molecule has 1 unspecified atom stereocenters. The monoisotopic (exact) mass is 209 g/mol. The molecule has 0 bridgehead atoms. The third kappa shape index (κ3) is 2.28. The minimum Gasteiger partial charge on any atom is -0.512 e. The van der Waals surface area contributed by atoms with Gasteiger partial charge in [0.05, 0.1) is 12.2 Å². The van der Waals surface area contributed by atoms with E-state index in [1.165, 1.54) is 6.08 Å². The largest absolute Gasteiger partial charge is 0.512 e. The van der Waals surface area contributed by atoms with Crippen LogP contribution in [0.4, 0.5) is 0 Å². The highest BCUT2D eigenvalue weighted by atomic mass is 32.2. The first-order valence-electron chi connectivity index (χ1n) is 3.12. The molecule has 0 radical (unpaired) electrons. The van der Waals surface area contributed by atoms with E-state index in [2.05, 4.69) is 0 Å². The maximum absolute atomic E-state index is 10.6. The van der Waals surface area contributed by atoms with Gasteiger partial charge in [0.15, 0.2) is 0 Å². The minimum absolute atomic E-state index is 0. The zero-order valence-electron chi connectivity index (χ0n) is 6.71. The summed E-state index contributed by atoms with van der Waals surface area (Å²) in [5, 5.41) is 18.1. The van der Waals surface area contributed by atoms with E-state index in [0.717, 1.165) is 12.2 Å². The van der Waals surface area contributed by atoms with Crippen LogP contribution in [-0.4, -0.2) is 28.1 Å². The Morgan fingerprint density at radius 2 is 2.00 bits per heavy atom. The molecule has 0 heterocycles. The van der Waals surface area contributed by atoms with Crippen molar-refractivity contribution in [3.05, 3.63) is 24.0 Å². The lowest BCUT2D eigenvalue weighted by atomic mass is 10.1. The molecule has 0 saturated heterocycles. The van der Waals surface area contributed by atoms with Crippen LogP contribution in [0.2, 0.25) is 0 Å². The standard InChI is InChI=1S/C6H8O5S.H3N/c7-5-2-1-3-6(8,4-5)12(9,10)11;/h1-3,7-8H,4H2,(H,9,10,11);1H3. The van der Waals surface area contributed by atoms with Crippen molar-refractivity contribution in [2.24, 2.45) is 0 Å². The van der Waals surface area contributed by atoms with Gasteiger partial charge >= 0.3 is 0 Å². The van der Waals surface area contributed by atoms with E-state index >= 15 is 0 Å². The van der Waals surface area contributed by atoms with Crippen LogP contribution in [0.1, 0.15) is 6.42 Å². The summed E-state index contributed by atoms with van der Waals surface area (Å²) in [6.45, 7) is 0. The number of allylic oxidation sites excluding steroid dienone is 2. The van der Waals surface area contributed by atoms with E-state index in [1.807, 2.05) is 0 Å². The van der Waals surface area contributed by atoms with Crippen molar-refractivity contribution >= 4 is 10.1 Å². The summed E-state index contributed by atoms with van der Waals surface area (Å²) in [7, 11) is -4.59. The fourth-order valence-corrected chi connectivity index (χ4v) is 1.44. The molecule has 76 valence electrons. The molecule has 0 amide bonds. The number of aliphatic hydroxyl groups excluding tert-OH is 1. The molecule has 0 aromatic carbocycles. The van der Waals surface area contributed by atoms with Crippen molar-refractivity contribution in [3.63, 3.8) is 0 Å². The minimum atomic E-state index is -4.59. The van der Waals surface area contributed by atoms with Gasteiger partial charge in [0, 0.05) is 0 Å². The van der Waals surface area contributed by atoms with E-state index in [9.17, 15) is 13.5 Å². The summed E-state index contributed by atoms with van der Waals surface area (Å²) < 4.78 is 29.7. The van der Waals surface area contributed by atoms with Crippen LogP contribution in [0.25, 0.3) is 0 Å². The second-order valence-electron chi connectivity index (χ2n) is 2.51. The molecule has 1 rings (SSSR count).